The Balaban J connectivity index is 1.24. The van der Waals surface area contributed by atoms with E-state index in [0.29, 0.717) is 71.9 Å². The van der Waals surface area contributed by atoms with E-state index >= 15 is 17.6 Å². The lowest BCUT2D eigenvalue weighted by Crippen LogP contribution is -2.60. The fraction of sp³-hybridized carbons (Fsp3) is 0.490. The maximum absolute atomic E-state index is 16.8. The number of hydrogen-bond donors (Lipinski definition) is 2. The van der Waals surface area contributed by atoms with Gasteiger partial charge in [0.2, 0.25) is 0 Å². The topological polar surface area (TPSA) is 170 Å². The average molecular weight is 1020 g/mol. The summed E-state index contributed by atoms with van der Waals surface area (Å²) in [6.45, 7) is 10.4. The van der Waals surface area contributed by atoms with Gasteiger partial charge in [-0.25, -0.2) is 24.4 Å². The van der Waals surface area contributed by atoms with Crippen molar-refractivity contribution in [3.63, 3.8) is 0 Å². The zero-order valence-electron chi connectivity index (χ0n) is 41.4. The fourth-order valence-corrected chi connectivity index (χ4v) is 10.1. The minimum absolute atomic E-state index is 0.00616. The van der Waals surface area contributed by atoms with E-state index in [9.17, 15) is 19.2 Å². The van der Waals surface area contributed by atoms with Gasteiger partial charge in [-0.05, 0) is 76.3 Å². The number of alkyl carbamates (subject to hydrolysis) is 1. The number of amides is 3. The van der Waals surface area contributed by atoms with Crippen molar-refractivity contribution in [1.29, 1.82) is 0 Å². The first-order valence-electron chi connectivity index (χ1n) is 23.9. The molecule has 8 rings (SSSR count). The number of aromatic nitrogens is 3. The number of nitrogens with one attached hydrogen (secondary N) is 2. The summed E-state index contributed by atoms with van der Waals surface area (Å²) in [5, 5.41) is 6.16. The number of carbonyl (C=O) groups is 4. The molecule has 16 nitrogen and oxygen atoms in total. The van der Waals surface area contributed by atoms with Gasteiger partial charge in [-0.2, -0.15) is 13.2 Å². The standard InChI is InChI=1S/C51H60F4N8O8S/c1-30(68-7)43-35(20-32(25-56-43)60-16-18-61(19-17-60)48(67)69-26-31-12-9-8-10-13-31)44-36-24-50(5,6)29-70-46(65)38-14-11-15-63(59-38)45(64)39(58-47(66)71-49(2,3)4)23-42-57-40(27-72-42)34-21-33(36)41(22-37(34)52)62(44)28-51(53,54)55/h8-10,12-13,20-22,25,27,30,38-39,59H,11,14-19,23-24,26,28-29H2,1-7H3,(H,58,66)/t30-,38-,39-/m0/s1. The van der Waals surface area contributed by atoms with Crippen LogP contribution in [0.3, 0.4) is 0 Å². The van der Waals surface area contributed by atoms with E-state index in [4.69, 9.17) is 28.9 Å². The molecule has 5 aromatic rings. The van der Waals surface area contributed by atoms with Crippen molar-refractivity contribution in [2.45, 2.75) is 110 Å². The number of thiazole rings is 1. The van der Waals surface area contributed by atoms with Crippen LogP contribution in [0.4, 0.5) is 32.8 Å². The van der Waals surface area contributed by atoms with Crippen LogP contribution in [0.2, 0.25) is 0 Å². The van der Waals surface area contributed by atoms with E-state index in [1.165, 1.54) is 18.2 Å². The van der Waals surface area contributed by atoms with Crippen LogP contribution in [0.25, 0.3) is 33.4 Å². The van der Waals surface area contributed by atoms with Crippen molar-refractivity contribution in [1.82, 2.24) is 35.2 Å². The van der Waals surface area contributed by atoms with Gasteiger partial charge in [0, 0.05) is 73.6 Å². The second-order valence-electron chi connectivity index (χ2n) is 20.2. The minimum Gasteiger partial charge on any atom is -0.464 e. The molecule has 72 heavy (non-hydrogen) atoms. The number of benzene rings is 2. The predicted molar refractivity (Wildman–Crippen MR) is 261 cm³/mol. The first-order valence-corrected chi connectivity index (χ1v) is 24.8. The summed E-state index contributed by atoms with van der Waals surface area (Å²) in [6.07, 6.45) is -4.52. The first kappa shape index (κ1) is 52.0. The largest absolute Gasteiger partial charge is 0.464 e. The second kappa shape index (κ2) is 21.0. The van der Waals surface area contributed by atoms with E-state index in [2.05, 4.69) is 10.7 Å². The Bertz CT molecular complexity index is 2810. The fourth-order valence-electron chi connectivity index (χ4n) is 9.24. The van der Waals surface area contributed by atoms with Crippen molar-refractivity contribution in [3.8, 4) is 22.5 Å². The highest BCUT2D eigenvalue weighted by molar-refractivity contribution is 7.10. The van der Waals surface area contributed by atoms with Gasteiger partial charge in [0.15, 0.2) is 0 Å². The number of methoxy groups -OCH3 is 1. The number of alkyl halides is 3. The number of cyclic esters (lactones) is 1. The van der Waals surface area contributed by atoms with E-state index in [1.807, 2.05) is 49.1 Å². The lowest BCUT2D eigenvalue weighted by atomic mass is 9.84. The van der Waals surface area contributed by atoms with Crippen LogP contribution in [0.5, 0.6) is 0 Å². The van der Waals surface area contributed by atoms with Crippen LogP contribution >= 0.6 is 11.3 Å². The molecule has 0 saturated carbocycles. The molecule has 3 amide bonds. The highest BCUT2D eigenvalue weighted by atomic mass is 32.1. The number of carbonyl (C=O) groups excluding carboxylic acids is 4. The molecule has 0 unspecified atom stereocenters. The lowest BCUT2D eigenvalue weighted by Gasteiger charge is -2.36. The van der Waals surface area contributed by atoms with Crippen LogP contribution in [0, 0.1) is 11.2 Å². The molecule has 6 bridgehead atoms. The van der Waals surface area contributed by atoms with Gasteiger partial charge >= 0.3 is 24.3 Å². The molecule has 2 fully saturated rings. The van der Waals surface area contributed by atoms with Gasteiger partial charge in [-0.1, -0.05) is 44.2 Å². The third-order valence-corrected chi connectivity index (χ3v) is 13.7. The van der Waals surface area contributed by atoms with E-state index < -0.39 is 71.8 Å². The summed E-state index contributed by atoms with van der Waals surface area (Å²) in [6, 6.07) is 11.5. The Morgan fingerprint density at radius 2 is 1.76 bits per heavy atom. The third kappa shape index (κ3) is 12.1. The van der Waals surface area contributed by atoms with Gasteiger partial charge < -0.3 is 38.6 Å². The van der Waals surface area contributed by atoms with Crippen molar-refractivity contribution >= 4 is 52.0 Å². The number of esters is 1. The Hall–Kier alpha value is -6.32. The Morgan fingerprint density at radius 3 is 2.46 bits per heavy atom. The van der Waals surface area contributed by atoms with Crippen molar-refractivity contribution in [2.24, 2.45) is 5.41 Å². The summed E-state index contributed by atoms with van der Waals surface area (Å²) in [5.74, 6) is -2.05. The molecule has 6 heterocycles. The normalized spacial score (nSPS) is 19.4. The first-order chi connectivity index (χ1) is 34.1. The number of rotatable bonds is 8. The maximum Gasteiger partial charge on any atom is 0.410 e. The number of ether oxygens (including phenoxy) is 4. The van der Waals surface area contributed by atoms with Crippen molar-refractivity contribution < 1.29 is 55.7 Å². The highest BCUT2D eigenvalue weighted by Gasteiger charge is 2.38. The van der Waals surface area contributed by atoms with Crippen LogP contribution < -0.4 is 15.6 Å². The number of pyridine rings is 1. The number of nitrogens with zero attached hydrogens (tertiary/aromatic N) is 6. The van der Waals surface area contributed by atoms with Crippen LogP contribution in [0.15, 0.2) is 60.1 Å². The Kier molecular flexibility index (Phi) is 15.2. The van der Waals surface area contributed by atoms with Gasteiger partial charge in [-0.3, -0.25) is 19.6 Å². The maximum atomic E-state index is 16.8. The number of piperazine rings is 1. The molecule has 3 aliphatic rings. The smallest absolute Gasteiger partial charge is 0.410 e. The zero-order valence-corrected chi connectivity index (χ0v) is 42.2. The lowest BCUT2D eigenvalue weighted by molar-refractivity contribution is -0.155. The van der Waals surface area contributed by atoms with Crippen LogP contribution in [-0.2, 0) is 54.5 Å². The second-order valence-corrected chi connectivity index (χ2v) is 21.1. The summed E-state index contributed by atoms with van der Waals surface area (Å²) in [5.41, 5.74) is 3.87. The molecule has 0 aliphatic carbocycles. The SMILES string of the molecule is CO[C@@H](C)c1ncc(N2CCN(C(=O)OCc3ccccc3)CC2)cc1-c1c2c3cc(c(F)cc3n1CC(F)(F)F)-c1csc(n1)C[C@H](NC(=O)OC(C)(C)C)C(=O)N1CCC[C@H](N1)C(=O)OCC(C)(C)C2. The van der Waals surface area contributed by atoms with E-state index in [1.54, 1.807) is 50.2 Å². The number of hydrogen-bond acceptors (Lipinski definition) is 13. The van der Waals surface area contributed by atoms with Crippen molar-refractivity contribution in [3.05, 3.63) is 87.8 Å². The molecule has 386 valence electrons. The summed E-state index contributed by atoms with van der Waals surface area (Å²) in [4.78, 5) is 67.4. The summed E-state index contributed by atoms with van der Waals surface area (Å²) in [7, 11) is 1.47. The van der Waals surface area contributed by atoms with E-state index in [0.717, 1.165) is 27.5 Å². The molecule has 3 aromatic heterocycles. The van der Waals surface area contributed by atoms with Gasteiger partial charge in [-0.15, -0.1) is 11.3 Å². The van der Waals surface area contributed by atoms with Gasteiger partial charge in [0.1, 0.15) is 36.7 Å². The molecule has 3 aliphatic heterocycles. The number of hydrazine groups is 1. The minimum atomic E-state index is -4.78. The quantitative estimate of drug-likeness (QED) is 0.0863. The molecular weight excluding hydrogens is 961 g/mol. The molecule has 2 saturated heterocycles. The summed E-state index contributed by atoms with van der Waals surface area (Å²) < 4.78 is 85.9. The molecule has 0 spiro atoms. The number of halogens is 4. The van der Waals surface area contributed by atoms with Crippen LogP contribution in [0.1, 0.15) is 82.3 Å². The number of anilines is 1. The molecule has 3 atom stereocenters. The van der Waals surface area contributed by atoms with Crippen molar-refractivity contribution in [2.75, 3.05) is 51.3 Å². The van der Waals surface area contributed by atoms with Gasteiger partial charge in [0.25, 0.3) is 5.91 Å². The number of fused-ring (bicyclic) bond motifs is 6. The zero-order chi connectivity index (χ0) is 51.7. The van der Waals surface area contributed by atoms with Crippen LogP contribution in [-0.4, -0.2) is 119 Å². The van der Waals surface area contributed by atoms with Gasteiger partial charge in [0.05, 0.1) is 52.2 Å². The average Bonchev–Trinajstić information content (AvgIpc) is 3.91. The molecule has 21 heteroatoms. The molecule has 2 aromatic carbocycles. The highest BCUT2D eigenvalue weighted by Crippen LogP contribution is 2.45. The van der Waals surface area contributed by atoms with E-state index in [-0.39, 0.29) is 55.1 Å². The monoisotopic (exact) mass is 1020 g/mol. The molecular formula is C51H60F4N8O8S. The molecule has 2 N–H and O–H groups in total. The predicted octanol–water partition coefficient (Wildman–Crippen LogP) is 8.75. The third-order valence-electron chi connectivity index (χ3n) is 12.8. The Morgan fingerprint density at radius 1 is 1.03 bits per heavy atom. The molecule has 0 radical (unpaired) electrons. The summed E-state index contributed by atoms with van der Waals surface area (Å²) >= 11 is 1.11. The Labute approximate surface area is 418 Å².